The molecule has 114 valence electrons. The summed E-state index contributed by atoms with van der Waals surface area (Å²) in [6.45, 7) is 1.07. The molecular weight excluding hydrogens is 366 g/mol. The molecule has 1 rings (SSSR count). The molecule has 0 spiro atoms. The highest BCUT2D eigenvalue weighted by molar-refractivity contribution is 9.10. The molecule has 0 aromatic heterocycles. The summed E-state index contributed by atoms with van der Waals surface area (Å²) in [4.78, 5) is -0.406. The van der Waals surface area contributed by atoms with E-state index in [4.69, 9.17) is 0 Å². The van der Waals surface area contributed by atoms with Gasteiger partial charge in [-0.25, -0.2) is 12.8 Å². The fraction of sp³-hybridized carbons (Fsp3) is 0.455. The van der Waals surface area contributed by atoms with Crippen LogP contribution in [0.5, 0.6) is 0 Å². The lowest BCUT2D eigenvalue weighted by Crippen LogP contribution is -2.43. The number of nitrogens with zero attached hydrogens (tertiary/aromatic N) is 1. The van der Waals surface area contributed by atoms with Crippen LogP contribution in [0, 0.1) is 5.82 Å². The van der Waals surface area contributed by atoms with Gasteiger partial charge in [-0.15, -0.1) is 0 Å². The van der Waals surface area contributed by atoms with E-state index in [2.05, 4.69) is 15.9 Å². The van der Waals surface area contributed by atoms with Gasteiger partial charge in [0, 0.05) is 10.5 Å². The number of hydrogen-bond donors (Lipinski definition) is 0. The molecule has 1 aromatic rings. The molecule has 0 fully saturated rings. The smallest absolute Gasteiger partial charge is 0.207 e. The third-order valence-electron chi connectivity index (χ3n) is 2.39. The van der Waals surface area contributed by atoms with E-state index in [9.17, 15) is 26.0 Å². The van der Waals surface area contributed by atoms with Crippen molar-refractivity contribution in [3.63, 3.8) is 0 Å². The zero-order valence-corrected chi connectivity index (χ0v) is 13.0. The Kier molecular flexibility index (Phi) is 5.20. The van der Waals surface area contributed by atoms with E-state index in [1.165, 1.54) is 13.8 Å². The maximum Gasteiger partial charge on any atom is 0.402 e. The van der Waals surface area contributed by atoms with Crippen molar-refractivity contribution in [3.05, 3.63) is 28.5 Å². The minimum Gasteiger partial charge on any atom is -0.207 e. The van der Waals surface area contributed by atoms with Crippen LogP contribution in [-0.2, 0) is 10.0 Å². The van der Waals surface area contributed by atoms with E-state index in [1.807, 2.05) is 0 Å². The van der Waals surface area contributed by atoms with Gasteiger partial charge in [-0.2, -0.15) is 17.5 Å². The fourth-order valence-electron chi connectivity index (χ4n) is 1.53. The molecule has 0 atom stereocenters. The van der Waals surface area contributed by atoms with Gasteiger partial charge in [0.2, 0.25) is 10.0 Å². The molecule has 0 amide bonds. The molecule has 0 N–H and O–H groups in total. The predicted molar refractivity (Wildman–Crippen MR) is 69.2 cm³/mol. The first-order valence-corrected chi connectivity index (χ1v) is 7.72. The van der Waals surface area contributed by atoms with Crippen molar-refractivity contribution in [1.82, 2.24) is 4.31 Å². The summed E-state index contributed by atoms with van der Waals surface area (Å²) in [5, 5.41) is 0. The highest BCUT2D eigenvalue weighted by Crippen LogP contribution is 2.29. The zero-order valence-electron chi connectivity index (χ0n) is 10.6. The number of sulfonamides is 1. The Labute approximate surface area is 122 Å². The first-order chi connectivity index (χ1) is 8.95. The van der Waals surface area contributed by atoms with E-state index in [0.717, 1.165) is 18.2 Å². The number of benzene rings is 1. The number of rotatable bonds is 4. The molecule has 20 heavy (non-hydrogen) atoms. The highest BCUT2D eigenvalue weighted by atomic mass is 79.9. The summed E-state index contributed by atoms with van der Waals surface area (Å²) < 4.78 is 75.2. The van der Waals surface area contributed by atoms with E-state index in [0.29, 0.717) is 4.31 Å². The lowest BCUT2D eigenvalue weighted by atomic mass is 10.3. The molecule has 9 heteroatoms. The minimum absolute atomic E-state index is 0.120. The molecule has 0 radical (unpaired) electrons. The van der Waals surface area contributed by atoms with Crippen molar-refractivity contribution < 1.29 is 26.0 Å². The Balaban J connectivity index is 3.30. The lowest BCUT2D eigenvalue weighted by molar-refractivity contribution is -0.138. The topological polar surface area (TPSA) is 37.4 Å². The molecule has 0 aliphatic heterocycles. The number of halogens is 5. The molecule has 0 aliphatic carbocycles. The van der Waals surface area contributed by atoms with Gasteiger partial charge in [0.1, 0.15) is 12.4 Å². The molecule has 0 unspecified atom stereocenters. The second kappa shape index (κ2) is 5.98. The Hall–Kier alpha value is -0.670. The molecule has 0 bridgehead atoms. The van der Waals surface area contributed by atoms with Gasteiger partial charge in [0.15, 0.2) is 0 Å². The average molecular weight is 378 g/mol. The molecule has 1 aromatic carbocycles. The second-order valence-corrected chi connectivity index (χ2v) is 7.05. The Bertz CT molecular complexity index is 587. The highest BCUT2D eigenvalue weighted by Gasteiger charge is 2.39. The molecule has 0 saturated carbocycles. The second-order valence-electron chi connectivity index (χ2n) is 4.33. The first-order valence-electron chi connectivity index (χ1n) is 5.49. The molecular formula is C11H12BrF4NO2S. The van der Waals surface area contributed by atoms with Crippen LogP contribution in [0.1, 0.15) is 13.8 Å². The molecule has 3 nitrogen and oxygen atoms in total. The largest absolute Gasteiger partial charge is 0.402 e. The monoisotopic (exact) mass is 377 g/mol. The van der Waals surface area contributed by atoms with Gasteiger partial charge in [0.05, 0.1) is 4.90 Å². The lowest BCUT2D eigenvalue weighted by Gasteiger charge is -2.27. The van der Waals surface area contributed by atoms with Gasteiger partial charge in [0.25, 0.3) is 0 Å². The van der Waals surface area contributed by atoms with E-state index in [1.54, 1.807) is 0 Å². The number of alkyl halides is 3. The van der Waals surface area contributed by atoms with Gasteiger partial charge in [-0.3, -0.25) is 0 Å². The molecule has 0 saturated heterocycles. The predicted octanol–water partition coefficient (Wildman–Crippen LogP) is 3.55. The van der Waals surface area contributed by atoms with Crippen molar-refractivity contribution >= 4 is 26.0 Å². The quantitative estimate of drug-likeness (QED) is 0.752. The van der Waals surface area contributed by atoms with Crippen molar-refractivity contribution in [3.8, 4) is 0 Å². The van der Waals surface area contributed by atoms with E-state index >= 15 is 0 Å². The summed E-state index contributed by atoms with van der Waals surface area (Å²) in [6.07, 6.45) is -4.66. The standard InChI is InChI=1S/C11H12BrF4NO2S/c1-7(2)17(6-11(14,15)16)20(18,19)10-4-3-8(13)5-9(10)12/h3-5,7H,6H2,1-2H3. The fourth-order valence-corrected chi connectivity index (χ4v) is 4.17. The summed E-state index contributed by atoms with van der Waals surface area (Å²) in [6, 6.07) is 1.81. The van der Waals surface area contributed by atoms with Crippen molar-refractivity contribution in [2.75, 3.05) is 6.54 Å². The minimum atomic E-state index is -4.66. The third kappa shape index (κ3) is 4.16. The van der Waals surface area contributed by atoms with Crippen molar-refractivity contribution in [1.29, 1.82) is 0 Å². The van der Waals surface area contributed by atoms with E-state index in [-0.39, 0.29) is 4.47 Å². The van der Waals surface area contributed by atoms with Crippen molar-refractivity contribution in [2.24, 2.45) is 0 Å². The maximum atomic E-state index is 12.9. The number of hydrogen-bond acceptors (Lipinski definition) is 2. The summed E-state index contributed by atoms with van der Waals surface area (Å²) in [7, 11) is -4.38. The third-order valence-corrected chi connectivity index (χ3v) is 5.39. The van der Waals surface area contributed by atoms with Gasteiger partial charge in [-0.05, 0) is 48.0 Å². The average Bonchev–Trinajstić information content (AvgIpc) is 2.23. The Morgan fingerprint density at radius 1 is 1.30 bits per heavy atom. The summed E-state index contributed by atoms with van der Waals surface area (Å²) in [5.41, 5.74) is 0. The summed E-state index contributed by atoms with van der Waals surface area (Å²) >= 11 is 2.85. The van der Waals surface area contributed by atoms with Gasteiger partial charge < -0.3 is 0 Å². The van der Waals surface area contributed by atoms with Crippen LogP contribution >= 0.6 is 15.9 Å². The normalized spacial score (nSPS) is 13.2. The Morgan fingerprint density at radius 3 is 2.25 bits per heavy atom. The zero-order chi connectivity index (χ0) is 15.7. The van der Waals surface area contributed by atoms with Crippen LogP contribution in [0.3, 0.4) is 0 Å². The van der Waals surface area contributed by atoms with Crippen molar-refractivity contribution in [2.45, 2.75) is 31.0 Å². The van der Waals surface area contributed by atoms with Crippen LogP contribution in [-0.4, -0.2) is 31.5 Å². The van der Waals surface area contributed by atoms with Crippen LogP contribution < -0.4 is 0 Å². The van der Waals surface area contributed by atoms with Crippen LogP contribution in [0.4, 0.5) is 17.6 Å². The van der Waals surface area contributed by atoms with Crippen LogP contribution in [0.15, 0.2) is 27.6 Å². The molecule has 0 aliphatic rings. The van der Waals surface area contributed by atoms with Crippen LogP contribution in [0.2, 0.25) is 0 Å². The van der Waals surface area contributed by atoms with Gasteiger partial charge in [-0.1, -0.05) is 0 Å². The first kappa shape index (κ1) is 17.4. The Morgan fingerprint density at radius 2 is 1.85 bits per heavy atom. The van der Waals surface area contributed by atoms with Crippen LogP contribution in [0.25, 0.3) is 0 Å². The van der Waals surface area contributed by atoms with Gasteiger partial charge >= 0.3 is 6.18 Å². The summed E-state index contributed by atoms with van der Waals surface area (Å²) in [5.74, 6) is -0.692. The van der Waals surface area contributed by atoms with E-state index < -0.39 is 39.5 Å². The molecule has 0 heterocycles. The maximum absolute atomic E-state index is 12.9. The SMILES string of the molecule is CC(C)N(CC(F)(F)F)S(=O)(=O)c1ccc(F)cc1Br.